The van der Waals surface area contributed by atoms with Gasteiger partial charge >= 0.3 is 0 Å². The number of fused-ring (bicyclic) bond motifs is 1. The van der Waals surface area contributed by atoms with Gasteiger partial charge in [-0.1, -0.05) is 26.0 Å². The van der Waals surface area contributed by atoms with E-state index in [-0.39, 0.29) is 17.2 Å². The SMILES string of the molecule is CC1(C)CC1C(=O)Nc1nc2ccccc2[nH]1. The van der Waals surface area contributed by atoms with Crippen molar-refractivity contribution >= 4 is 22.9 Å². The normalized spacial score (nSPS) is 21.4. The first-order chi connectivity index (χ1) is 8.06. The molecule has 1 aliphatic carbocycles. The molecule has 0 bridgehead atoms. The van der Waals surface area contributed by atoms with Gasteiger partial charge in [0.1, 0.15) is 0 Å². The predicted molar refractivity (Wildman–Crippen MR) is 66.6 cm³/mol. The Morgan fingerprint density at radius 2 is 2.18 bits per heavy atom. The number of carbonyl (C=O) groups excluding carboxylic acids is 1. The van der Waals surface area contributed by atoms with E-state index in [0.717, 1.165) is 17.5 Å². The van der Waals surface area contributed by atoms with E-state index in [1.165, 1.54) is 0 Å². The fraction of sp³-hybridized carbons (Fsp3) is 0.385. The minimum Gasteiger partial charge on any atom is -0.324 e. The van der Waals surface area contributed by atoms with E-state index in [2.05, 4.69) is 29.1 Å². The lowest BCUT2D eigenvalue weighted by Gasteiger charge is -2.02. The summed E-state index contributed by atoms with van der Waals surface area (Å²) in [6.45, 7) is 4.21. The standard InChI is InChI=1S/C13H15N3O/c1-13(2)7-8(13)11(17)16-12-14-9-5-3-4-6-10(9)15-12/h3-6,8H,7H2,1-2H3,(H2,14,15,16,17). The first-order valence-electron chi connectivity index (χ1n) is 5.82. The monoisotopic (exact) mass is 229 g/mol. The second-order valence-electron chi connectivity index (χ2n) is 5.34. The van der Waals surface area contributed by atoms with Crippen molar-refractivity contribution in [2.24, 2.45) is 11.3 Å². The summed E-state index contributed by atoms with van der Waals surface area (Å²) in [4.78, 5) is 19.3. The molecule has 0 aliphatic heterocycles. The topological polar surface area (TPSA) is 57.8 Å². The van der Waals surface area contributed by atoms with Crippen LogP contribution in [-0.2, 0) is 4.79 Å². The van der Waals surface area contributed by atoms with Crippen LogP contribution in [0.15, 0.2) is 24.3 Å². The summed E-state index contributed by atoms with van der Waals surface area (Å²) < 4.78 is 0. The minimum absolute atomic E-state index is 0.0639. The van der Waals surface area contributed by atoms with Crippen molar-refractivity contribution in [3.05, 3.63) is 24.3 Å². The molecule has 1 saturated carbocycles. The fourth-order valence-corrected chi connectivity index (χ4v) is 2.13. The quantitative estimate of drug-likeness (QED) is 0.831. The van der Waals surface area contributed by atoms with Crippen LogP contribution >= 0.6 is 0 Å². The number of hydrogen-bond acceptors (Lipinski definition) is 2. The Bertz CT molecular complexity index is 552. The van der Waals surface area contributed by atoms with Gasteiger partial charge in [-0.25, -0.2) is 4.98 Å². The smallest absolute Gasteiger partial charge is 0.230 e. The summed E-state index contributed by atoms with van der Waals surface area (Å²) in [5.74, 6) is 0.726. The summed E-state index contributed by atoms with van der Waals surface area (Å²) in [6, 6.07) is 7.73. The van der Waals surface area contributed by atoms with Gasteiger partial charge in [-0.05, 0) is 24.0 Å². The van der Waals surface area contributed by atoms with Gasteiger partial charge in [0.25, 0.3) is 0 Å². The molecule has 1 unspecified atom stereocenters. The molecule has 0 saturated heterocycles. The van der Waals surface area contributed by atoms with Crippen LogP contribution in [0.25, 0.3) is 11.0 Å². The van der Waals surface area contributed by atoms with Crippen molar-refractivity contribution in [1.82, 2.24) is 9.97 Å². The van der Waals surface area contributed by atoms with Crippen molar-refractivity contribution in [1.29, 1.82) is 0 Å². The third-order valence-corrected chi connectivity index (χ3v) is 3.46. The van der Waals surface area contributed by atoms with Crippen molar-refractivity contribution in [3.63, 3.8) is 0 Å². The molecule has 4 heteroatoms. The highest BCUT2D eigenvalue weighted by Crippen LogP contribution is 2.51. The number of nitrogens with zero attached hydrogens (tertiary/aromatic N) is 1. The number of hydrogen-bond donors (Lipinski definition) is 2. The molecule has 2 aromatic rings. The second-order valence-corrected chi connectivity index (χ2v) is 5.34. The van der Waals surface area contributed by atoms with Crippen LogP contribution in [-0.4, -0.2) is 15.9 Å². The molecule has 1 aliphatic rings. The van der Waals surface area contributed by atoms with E-state index < -0.39 is 0 Å². The van der Waals surface area contributed by atoms with Gasteiger partial charge in [0.15, 0.2) is 0 Å². The van der Waals surface area contributed by atoms with E-state index in [9.17, 15) is 4.79 Å². The van der Waals surface area contributed by atoms with Crippen molar-refractivity contribution in [3.8, 4) is 0 Å². The Hall–Kier alpha value is -1.84. The fourth-order valence-electron chi connectivity index (χ4n) is 2.13. The minimum atomic E-state index is 0.0639. The number of aromatic amines is 1. The molecule has 0 spiro atoms. The van der Waals surface area contributed by atoms with Crippen LogP contribution in [0.1, 0.15) is 20.3 Å². The van der Waals surface area contributed by atoms with Gasteiger partial charge in [-0.3, -0.25) is 10.1 Å². The lowest BCUT2D eigenvalue weighted by molar-refractivity contribution is -0.118. The maximum atomic E-state index is 11.9. The Labute approximate surface area is 99.4 Å². The number of benzene rings is 1. The summed E-state index contributed by atoms with van der Waals surface area (Å²) in [6.07, 6.45) is 0.957. The highest BCUT2D eigenvalue weighted by molar-refractivity contribution is 5.94. The number of amides is 1. The molecule has 1 heterocycles. The van der Waals surface area contributed by atoms with E-state index in [4.69, 9.17) is 0 Å². The zero-order chi connectivity index (χ0) is 12.0. The van der Waals surface area contributed by atoms with E-state index in [1.807, 2.05) is 24.3 Å². The maximum Gasteiger partial charge on any atom is 0.230 e. The molecule has 1 fully saturated rings. The molecule has 4 nitrogen and oxygen atoms in total. The zero-order valence-corrected chi connectivity index (χ0v) is 9.95. The maximum absolute atomic E-state index is 11.9. The first-order valence-corrected chi connectivity index (χ1v) is 5.82. The number of H-pyrrole nitrogens is 1. The summed E-state index contributed by atoms with van der Waals surface area (Å²) in [5, 5.41) is 2.84. The molecule has 88 valence electrons. The van der Waals surface area contributed by atoms with Gasteiger partial charge in [-0.2, -0.15) is 0 Å². The van der Waals surface area contributed by atoms with Crippen LogP contribution in [0.4, 0.5) is 5.95 Å². The summed E-state index contributed by atoms with van der Waals surface area (Å²) in [5.41, 5.74) is 1.96. The van der Waals surface area contributed by atoms with Crippen molar-refractivity contribution in [2.45, 2.75) is 20.3 Å². The van der Waals surface area contributed by atoms with Crippen molar-refractivity contribution < 1.29 is 4.79 Å². The largest absolute Gasteiger partial charge is 0.324 e. The third-order valence-electron chi connectivity index (χ3n) is 3.46. The zero-order valence-electron chi connectivity index (χ0n) is 9.95. The summed E-state index contributed by atoms with van der Waals surface area (Å²) in [7, 11) is 0. The second kappa shape index (κ2) is 3.32. The third kappa shape index (κ3) is 1.79. The number of rotatable bonds is 2. The summed E-state index contributed by atoms with van der Waals surface area (Å²) >= 11 is 0. The highest BCUT2D eigenvalue weighted by atomic mass is 16.2. The van der Waals surface area contributed by atoms with Crippen molar-refractivity contribution in [2.75, 3.05) is 5.32 Å². The van der Waals surface area contributed by atoms with Crippen LogP contribution in [0.3, 0.4) is 0 Å². The number of aromatic nitrogens is 2. The Morgan fingerprint density at radius 3 is 2.82 bits per heavy atom. The average molecular weight is 229 g/mol. The molecule has 2 N–H and O–H groups in total. The molecule has 17 heavy (non-hydrogen) atoms. The molecule has 1 aromatic heterocycles. The van der Waals surface area contributed by atoms with Crippen LogP contribution in [0.2, 0.25) is 0 Å². The lowest BCUT2D eigenvalue weighted by Crippen LogP contribution is -2.17. The molecule has 1 aromatic carbocycles. The van der Waals surface area contributed by atoms with Gasteiger partial charge in [-0.15, -0.1) is 0 Å². The van der Waals surface area contributed by atoms with Gasteiger partial charge in [0.05, 0.1) is 11.0 Å². The number of carbonyl (C=O) groups is 1. The number of anilines is 1. The molecule has 1 amide bonds. The highest BCUT2D eigenvalue weighted by Gasteiger charge is 2.50. The van der Waals surface area contributed by atoms with E-state index in [0.29, 0.717) is 5.95 Å². The Morgan fingerprint density at radius 1 is 1.47 bits per heavy atom. The Kier molecular flexibility index (Phi) is 2.02. The molecular weight excluding hydrogens is 214 g/mol. The number of nitrogens with one attached hydrogen (secondary N) is 2. The molecule has 1 atom stereocenters. The Balaban J connectivity index is 1.79. The van der Waals surface area contributed by atoms with E-state index in [1.54, 1.807) is 0 Å². The van der Waals surface area contributed by atoms with Crippen LogP contribution in [0, 0.1) is 11.3 Å². The van der Waals surface area contributed by atoms with Crippen LogP contribution in [0.5, 0.6) is 0 Å². The van der Waals surface area contributed by atoms with Gasteiger partial charge in [0.2, 0.25) is 11.9 Å². The molecule has 3 rings (SSSR count). The van der Waals surface area contributed by atoms with E-state index >= 15 is 0 Å². The number of imidazole rings is 1. The first kappa shape index (κ1) is 10.3. The average Bonchev–Trinajstić information content (AvgIpc) is 2.73. The lowest BCUT2D eigenvalue weighted by atomic mass is 10.1. The molecular formula is C13H15N3O. The van der Waals surface area contributed by atoms with Gasteiger partial charge in [0, 0.05) is 5.92 Å². The molecule has 0 radical (unpaired) electrons. The predicted octanol–water partition coefficient (Wildman–Crippen LogP) is 2.55. The number of para-hydroxylation sites is 2. The van der Waals surface area contributed by atoms with Crippen LogP contribution < -0.4 is 5.32 Å². The van der Waals surface area contributed by atoms with Gasteiger partial charge < -0.3 is 4.98 Å².